The molecule has 2 unspecified atom stereocenters. The normalized spacial score (nSPS) is 24.3. The standard InChI is InChI=1S/C17H20ClF2N2OP/c1-4-14-16-21-8-9(2)15(17(19,20)24)22(16)13-6-5-11(18)7-12(13)10(3)23-14/h5-7,10,14H,4,8,24H2,1-3H3/t10?,14-/m0/s1. The molecule has 130 valence electrons. The predicted molar refractivity (Wildman–Crippen MR) is 97.2 cm³/mol. The quantitative estimate of drug-likeness (QED) is 0.669. The first kappa shape index (κ1) is 17.8. The van der Waals surface area contributed by atoms with Gasteiger partial charge in [-0.15, -0.1) is 0 Å². The lowest BCUT2D eigenvalue weighted by Crippen LogP contribution is -2.45. The Balaban J connectivity index is 2.27. The summed E-state index contributed by atoms with van der Waals surface area (Å²) in [4.78, 5) is 6.11. The molecule has 7 heteroatoms. The summed E-state index contributed by atoms with van der Waals surface area (Å²) in [5.74, 6) is 0.535. The third kappa shape index (κ3) is 2.98. The van der Waals surface area contributed by atoms with Crippen LogP contribution in [-0.2, 0) is 4.74 Å². The second-order valence-electron chi connectivity index (χ2n) is 6.14. The van der Waals surface area contributed by atoms with Gasteiger partial charge in [0, 0.05) is 10.6 Å². The van der Waals surface area contributed by atoms with Gasteiger partial charge in [0.15, 0.2) is 0 Å². The first-order chi connectivity index (χ1) is 11.2. The molecular weight excluding hydrogens is 353 g/mol. The Morgan fingerprint density at radius 3 is 2.79 bits per heavy atom. The number of aliphatic imine (C=N–C) groups is 1. The van der Waals surface area contributed by atoms with Gasteiger partial charge in [-0.2, -0.15) is 8.78 Å². The highest BCUT2D eigenvalue weighted by Crippen LogP contribution is 2.45. The van der Waals surface area contributed by atoms with Gasteiger partial charge in [-0.3, -0.25) is 9.89 Å². The minimum atomic E-state index is -3.06. The van der Waals surface area contributed by atoms with Crippen LogP contribution in [0.3, 0.4) is 0 Å². The van der Waals surface area contributed by atoms with E-state index in [1.807, 2.05) is 13.8 Å². The van der Waals surface area contributed by atoms with Gasteiger partial charge < -0.3 is 4.74 Å². The number of hydrogen-bond donors (Lipinski definition) is 0. The summed E-state index contributed by atoms with van der Waals surface area (Å²) in [5, 5.41) is 0.550. The largest absolute Gasteiger partial charge is 0.363 e. The van der Waals surface area contributed by atoms with Crippen LogP contribution in [0.1, 0.15) is 38.9 Å². The Hall–Kier alpha value is -1.03. The highest BCUT2D eigenvalue weighted by Gasteiger charge is 2.43. The lowest BCUT2D eigenvalue weighted by atomic mass is 10.0. The molecule has 0 saturated carbocycles. The molecule has 24 heavy (non-hydrogen) atoms. The fraction of sp³-hybridized carbons (Fsp3) is 0.471. The summed E-state index contributed by atoms with van der Waals surface area (Å²) in [6.45, 7) is 5.82. The SMILES string of the molecule is CC[C@@H]1OC(C)c2cc(Cl)ccc2N2C1=NCC(C)=C2C(F)(F)P. The first-order valence-corrected chi connectivity index (χ1v) is 8.85. The van der Waals surface area contributed by atoms with E-state index in [0.29, 0.717) is 28.5 Å². The fourth-order valence-corrected chi connectivity index (χ4v) is 3.84. The molecule has 0 aromatic heterocycles. The van der Waals surface area contributed by atoms with Crippen LogP contribution in [0.2, 0.25) is 5.02 Å². The molecule has 1 aromatic carbocycles. The van der Waals surface area contributed by atoms with Gasteiger partial charge in [-0.25, -0.2) is 0 Å². The molecule has 0 saturated heterocycles. The number of ether oxygens (including phenoxy) is 1. The molecule has 0 N–H and O–H groups in total. The highest BCUT2D eigenvalue weighted by molar-refractivity contribution is 7.18. The van der Waals surface area contributed by atoms with Crippen LogP contribution in [0, 0.1) is 0 Å². The molecule has 0 radical (unpaired) electrons. The minimum absolute atomic E-state index is 0.0442. The van der Waals surface area contributed by atoms with Gasteiger partial charge in [-0.05, 0) is 44.0 Å². The van der Waals surface area contributed by atoms with E-state index in [1.165, 1.54) is 0 Å². The van der Waals surface area contributed by atoms with Crippen LogP contribution in [0.5, 0.6) is 0 Å². The van der Waals surface area contributed by atoms with Gasteiger partial charge in [0.1, 0.15) is 11.9 Å². The first-order valence-electron chi connectivity index (χ1n) is 7.90. The number of halogens is 3. The highest BCUT2D eigenvalue weighted by atomic mass is 35.5. The average molecular weight is 373 g/mol. The second-order valence-corrected chi connectivity index (χ2v) is 7.30. The molecule has 2 heterocycles. The molecule has 2 aliphatic heterocycles. The molecule has 0 bridgehead atoms. The van der Waals surface area contributed by atoms with Crippen molar-refractivity contribution in [3.05, 3.63) is 40.1 Å². The second kappa shape index (κ2) is 6.36. The van der Waals surface area contributed by atoms with Crippen LogP contribution >= 0.6 is 20.8 Å². The van der Waals surface area contributed by atoms with Crippen molar-refractivity contribution in [3.63, 3.8) is 0 Å². The summed E-state index contributed by atoms with van der Waals surface area (Å²) in [7, 11) is 1.64. The maximum Gasteiger partial charge on any atom is 0.298 e. The molecule has 0 amide bonds. The van der Waals surface area contributed by atoms with Crippen molar-refractivity contribution in [1.82, 2.24) is 0 Å². The predicted octanol–water partition coefficient (Wildman–Crippen LogP) is 5.17. The van der Waals surface area contributed by atoms with Crippen LogP contribution in [0.25, 0.3) is 0 Å². The number of alkyl halides is 2. The van der Waals surface area contributed by atoms with E-state index >= 15 is 0 Å². The van der Waals surface area contributed by atoms with E-state index in [4.69, 9.17) is 16.3 Å². The number of fused-ring (bicyclic) bond motifs is 3. The fourth-order valence-electron chi connectivity index (χ4n) is 3.29. The van der Waals surface area contributed by atoms with Crippen LogP contribution in [0.4, 0.5) is 14.5 Å². The Morgan fingerprint density at radius 1 is 1.46 bits per heavy atom. The van der Waals surface area contributed by atoms with Crippen LogP contribution in [-0.4, -0.2) is 24.1 Å². The maximum absolute atomic E-state index is 14.4. The van der Waals surface area contributed by atoms with Gasteiger partial charge >= 0.3 is 0 Å². The van der Waals surface area contributed by atoms with Crippen molar-refractivity contribution in [3.8, 4) is 0 Å². The van der Waals surface area contributed by atoms with E-state index in [2.05, 4.69) is 4.99 Å². The van der Waals surface area contributed by atoms with Crippen molar-refractivity contribution < 1.29 is 13.5 Å². The van der Waals surface area contributed by atoms with Crippen molar-refractivity contribution in [2.75, 3.05) is 11.4 Å². The number of anilines is 1. The molecule has 3 nitrogen and oxygen atoms in total. The smallest absolute Gasteiger partial charge is 0.298 e. The Labute approximate surface area is 147 Å². The van der Waals surface area contributed by atoms with E-state index < -0.39 is 5.66 Å². The Bertz CT molecular complexity index is 730. The number of benzene rings is 1. The third-order valence-corrected chi connectivity index (χ3v) is 4.86. The molecule has 1 aromatic rings. The van der Waals surface area contributed by atoms with Crippen molar-refractivity contribution in [1.29, 1.82) is 0 Å². The molecule has 3 atom stereocenters. The van der Waals surface area contributed by atoms with E-state index in [1.54, 1.807) is 39.3 Å². The zero-order chi connectivity index (χ0) is 17.6. The van der Waals surface area contributed by atoms with Gasteiger partial charge in [-0.1, -0.05) is 27.8 Å². The van der Waals surface area contributed by atoms with Gasteiger partial charge in [0.05, 0.1) is 24.0 Å². The van der Waals surface area contributed by atoms with E-state index in [0.717, 1.165) is 5.56 Å². The number of rotatable bonds is 2. The summed E-state index contributed by atoms with van der Waals surface area (Å²) in [6, 6.07) is 5.25. The van der Waals surface area contributed by atoms with Crippen LogP contribution < -0.4 is 4.90 Å². The monoisotopic (exact) mass is 372 g/mol. The van der Waals surface area contributed by atoms with E-state index in [-0.39, 0.29) is 24.4 Å². The lowest BCUT2D eigenvalue weighted by Gasteiger charge is -2.37. The molecule has 3 rings (SSSR count). The number of hydrogen-bond acceptors (Lipinski definition) is 3. The molecule has 2 aliphatic rings. The molecular formula is C17H20ClF2N2OP. The molecule has 0 spiro atoms. The summed E-state index contributed by atoms with van der Waals surface area (Å²) in [6.07, 6.45) is 0.0362. The number of allylic oxidation sites excluding steroid dienone is 1. The Morgan fingerprint density at radius 2 is 2.17 bits per heavy atom. The van der Waals surface area contributed by atoms with Crippen LogP contribution in [0.15, 0.2) is 34.5 Å². The van der Waals surface area contributed by atoms with Crippen molar-refractivity contribution in [2.24, 2.45) is 4.99 Å². The maximum atomic E-state index is 14.4. The van der Waals surface area contributed by atoms with Crippen molar-refractivity contribution >= 4 is 32.4 Å². The summed E-state index contributed by atoms with van der Waals surface area (Å²) >= 11 is 6.13. The summed E-state index contributed by atoms with van der Waals surface area (Å²) in [5.41, 5.74) is -1.12. The zero-order valence-corrected chi connectivity index (χ0v) is 15.7. The molecule has 0 aliphatic carbocycles. The molecule has 0 fully saturated rings. The average Bonchev–Trinajstić information content (AvgIpc) is 2.61. The lowest BCUT2D eigenvalue weighted by molar-refractivity contribution is 0.0340. The zero-order valence-electron chi connectivity index (χ0n) is 13.8. The number of amidine groups is 1. The van der Waals surface area contributed by atoms with Gasteiger partial charge in [0.2, 0.25) is 0 Å². The van der Waals surface area contributed by atoms with E-state index in [9.17, 15) is 8.78 Å². The summed E-state index contributed by atoms with van der Waals surface area (Å²) < 4.78 is 34.9. The topological polar surface area (TPSA) is 24.8 Å². The minimum Gasteiger partial charge on any atom is -0.363 e. The number of nitrogens with zero attached hydrogens (tertiary/aromatic N) is 2. The third-order valence-electron chi connectivity index (χ3n) is 4.35. The Kier molecular flexibility index (Phi) is 4.71. The van der Waals surface area contributed by atoms with Crippen molar-refractivity contribution in [2.45, 2.75) is 45.1 Å². The van der Waals surface area contributed by atoms with Gasteiger partial charge in [0.25, 0.3) is 5.66 Å².